The van der Waals surface area contributed by atoms with Gasteiger partial charge in [-0.25, -0.2) is 13.2 Å². The van der Waals surface area contributed by atoms with Gasteiger partial charge < -0.3 is 20.3 Å². The zero-order valence-corrected chi connectivity index (χ0v) is 26.9. The van der Waals surface area contributed by atoms with Crippen LogP contribution in [0, 0.1) is 28.5 Å². The number of hydrogen-bond acceptors (Lipinski definition) is 10. The Morgan fingerprint density at radius 3 is 2.79 bits per heavy atom. The van der Waals surface area contributed by atoms with Crippen LogP contribution >= 0.6 is 11.3 Å². The molecule has 0 bridgehead atoms. The minimum Gasteiger partial charge on any atom is -0.461 e. The minimum atomic E-state index is -1.41. The predicted octanol–water partition coefficient (Wildman–Crippen LogP) is 5.10. The van der Waals surface area contributed by atoms with Crippen molar-refractivity contribution in [3.05, 3.63) is 53.9 Å². The molecule has 246 valence electrons. The molecule has 4 atom stereocenters. The number of fused-ring (bicyclic) bond motifs is 3. The molecule has 5 heterocycles. The van der Waals surface area contributed by atoms with Crippen molar-refractivity contribution in [3.63, 3.8) is 0 Å². The Kier molecular flexibility index (Phi) is 7.89. The van der Waals surface area contributed by atoms with Crippen LogP contribution in [0.1, 0.15) is 30.4 Å². The van der Waals surface area contributed by atoms with E-state index in [4.69, 9.17) is 20.4 Å². The highest BCUT2D eigenvalue weighted by Gasteiger charge is 2.49. The number of benzene rings is 2. The molecule has 2 aromatic carbocycles. The summed E-state index contributed by atoms with van der Waals surface area (Å²) in [4.78, 5) is 26.8. The predicted molar refractivity (Wildman–Crippen MR) is 177 cm³/mol. The second-order valence-electron chi connectivity index (χ2n) is 12.6. The van der Waals surface area contributed by atoms with Crippen molar-refractivity contribution in [2.24, 2.45) is 0 Å². The average Bonchev–Trinajstić information content (AvgIpc) is 3.82. The lowest BCUT2D eigenvalue weighted by molar-refractivity contribution is -0.125. The lowest BCUT2D eigenvalue weighted by Gasteiger charge is -2.31. The fourth-order valence-electron chi connectivity index (χ4n) is 7.54. The Morgan fingerprint density at radius 2 is 2.04 bits per heavy atom. The minimum absolute atomic E-state index is 0.0160. The number of likely N-dealkylation sites (tertiary alicyclic amines) is 1. The van der Waals surface area contributed by atoms with Crippen LogP contribution in [0.5, 0.6) is 6.01 Å². The van der Waals surface area contributed by atoms with Gasteiger partial charge in [0.05, 0.1) is 45.5 Å². The Labute approximate surface area is 278 Å². The zero-order valence-electron chi connectivity index (χ0n) is 26.0. The summed E-state index contributed by atoms with van der Waals surface area (Å²) in [5.41, 5.74) is 7.05. The summed E-state index contributed by atoms with van der Waals surface area (Å²) >= 11 is 0.953. The number of amides is 1. The number of ether oxygens (including phenoxy) is 1. The molecule has 14 heteroatoms. The average molecular weight is 673 g/mol. The fraction of sp³-hybridized carbons (Fsp3) is 0.382. The quantitative estimate of drug-likeness (QED) is 0.266. The lowest BCUT2D eigenvalue weighted by atomic mass is 9.94. The van der Waals surface area contributed by atoms with Gasteiger partial charge in [-0.3, -0.25) is 9.69 Å². The first-order chi connectivity index (χ1) is 23.1. The van der Waals surface area contributed by atoms with Crippen molar-refractivity contribution in [2.75, 3.05) is 50.5 Å². The highest BCUT2D eigenvalue weighted by molar-refractivity contribution is 7.23. The number of nitriles is 2. The van der Waals surface area contributed by atoms with Gasteiger partial charge in [0, 0.05) is 42.9 Å². The summed E-state index contributed by atoms with van der Waals surface area (Å²) in [6.45, 7) is 4.75. The van der Waals surface area contributed by atoms with Crippen molar-refractivity contribution < 1.29 is 22.7 Å². The number of nitrogens with two attached hydrogens (primary N) is 1. The van der Waals surface area contributed by atoms with Crippen molar-refractivity contribution in [1.29, 1.82) is 10.5 Å². The van der Waals surface area contributed by atoms with Crippen molar-refractivity contribution in [3.8, 4) is 29.3 Å². The molecule has 0 aliphatic carbocycles. The number of alkyl halides is 2. The Bertz CT molecular complexity index is 2080. The van der Waals surface area contributed by atoms with Gasteiger partial charge in [-0.1, -0.05) is 12.6 Å². The maximum atomic E-state index is 15.5. The van der Waals surface area contributed by atoms with Crippen LogP contribution in [-0.2, 0) is 4.79 Å². The number of aromatic nitrogens is 2. The molecule has 4 unspecified atom stereocenters. The second-order valence-corrected chi connectivity index (χ2v) is 13.7. The summed E-state index contributed by atoms with van der Waals surface area (Å²) in [6.07, 6.45) is 0.814. The molecule has 3 saturated heterocycles. The molecule has 0 radical (unpaired) electrons. The first-order valence-electron chi connectivity index (χ1n) is 15.5. The highest BCUT2D eigenvalue weighted by Crippen LogP contribution is 2.44. The first kappa shape index (κ1) is 31.7. The van der Waals surface area contributed by atoms with Crippen LogP contribution in [0.15, 0.2) is 36.9 Å². The third-order valence-electron chi connectivity index (χ3n) is 9.90. The van der Waals surface area contributed by atoms with Crippen LogP contribution in [0.25, 0.3) is 32.1 Å². The van der Waals surface area contributed by atoms with Crippen LogP contribution in [0.2, 0.25) is 0 Å². The van der Waals surface area contributed by atoms with Crippen LogP contribution in [0.3, 0.4) is 0 Å². The zero-order chi connectivity index (χ0) is 33.9. The molecule has 10 nitrogen and oxygen atoms in total. The second kappa shape index (κ2) is 12.0. The van der Waals surface area contributed by atoms with E-state index in [1.807, 2.05) is 0 Å². The number of hydrogen-bond donors (Lipinski definition) is 1. The van der Waals surface area contributed by atoms with E-state index in [-0.39, 0.29) is 58.3 Å². The standard InChI is InChI=1S/C34H31F3N8O2S/c1-3-28(46)44-15-25(37)27(16-44)43(2)32-22-9-18(12-38)21(20-5-6-24(36)30-29(20)23(13-39)31(40)48-30)10-26(22)41-33(42-32)47-17-34-7-4-8-45(34)14-19(35)11-34/h3,5-6,9-10,19,25,27H,1,4,7-8,11,14-17,40H2,2H3. The molecular weight excluding hydrogens is 641 g/mol. The van der Waals surface area contributed by atoms with E-state index in [2.05, 4.69) is 23.6 Å². The Morgan fingerprint density at radius 1 is 1.23 bits per heavy atom. The van der Waals surface area contributed by atoms with Crippen LogP contribution in [-0.4, -0.2) is 89.4 Å². The smallest absolute Gasteiger partial charge is 0.319 e. The number of anilines is 2. The van der Waals surface area contributed by atoms with E-state index in [1.54, 1.807) is 24.1 Å². The largest absolute Gasteiger partial charge is 0.461 e. The van der Waals surface area contributed by atoms with Gasteiger partial charge in [-0.2, -0.15) is 20.5 Å². The molecule has 2 N–H and O–H groups in total. The number of nitrogens with zero attached hydrogens (tertiary/aromatic N) is 7. The summed E-state index contributed by atoms with van der Waals surface area (Å²) in [6, 6.07) is 9.45. The highest BCUT2D eigenvalue weighted by atomic mass is 32.1. The maximum Gasteiger partial charge on any atom is 0.319 e. The number of carbonyl (C=O) groups excluding carboxylic acids is 1. The molecule has 3 aliphatic rings. The molecule has 1 amide bonds. The molecule has 48 heavy (non-hydrogen) atoms. The normalized spacial score (nSPS) is 23.7. The SMILES string of the molecule is C=CC(=O)N1CC(F)C(N(C)c2nc(OCC34CCCN3CC(F)C4)nc3cc(-c4ccc(F)c5sc(N)c(C#N)c45)c(C#N)cc23)C1. The van der Waals surface area contributed by atoms with E-state index in [1.165, 1.54) is 17.0 Å². The molecule has 2 aromatic heterocycles. The van der Waals surface area contributed by atoms with Gasteiger partial charge in [-0.05, 0) is 49.2 Å². The number of likely N-dealkylation sites (N-methyl/N-ethyl adjacent to an activating group) is 1. The number of carbonyl (C=O) groups is 1. The van der Waals surface area contributed by atoms with E-state index in [9.17, 15) is 24.1 Å². The van der Waals surface area contributed by atoms with E-state index in [0.29, 0.717) is 40.4 Å². The number of halogens is 3. The van der Waals surface area contributed by atoms with E-state index < -0.39 is 29.7 Å². The van der Waals surface area contributed by atoms with E-state index >= 15 is 4.39 Å². The van der Waals surface area contributed by atoms with Crippen molar-refractivity contribution >= 4 is 49.1 Å². The first-order valence-corrected chi connectivity index (χ1v) is 16.4. The number of thiophene rings is 1. The molecule has 3 aliphatic heterocycles. The topological polar surface area (TPSA) is 135 Å². The third-order valence-corrected chi connectivity index (χ3v) is 10.9. The molecule has 0 spiro atoms. The maximum absolute atomic E-state index is 15.5. The van der Waals surface area contributed by atoms with Gasteiger partial charge in [0.1, 0.15) is 41.7 Å². The number of nitrogen functional groups attached to an aromatic ring is 1. The molecule has 0 saturated carbocycles. The van der Waals surface area contributed by atoms with Gasteiger partial charge in [0.2, 0.25) is 5.91 Å². The fourth-order valence-corrected chi connectivity index (χ4v) is 8.49. The van der Waals surface area contributed by atoms with Gasteiger partial charge in [0.25, 0.3) is 0 Å². The molecule has 4 aromatic rings. The van der Waals surface area contributed by atoms with Gasteiger partial charge >= 0.3 is 6.01 Å². The van der Waals surface area contributed by atoms with Crippen LogP contribution < -0.4 is 15.4 Å². The Balaban J connectivity index is 1.38. The van der Waals surface area contributed by atoms with Crippen molar-refractivity contribution in [2.45, 2.75) is 43.2 Å². The Hall–Kier alpha value is -4.92. The molecule has 3 fully saturated rings. The third kappa shape index (κ3) is 5.07. The van der Waals surface area contributed by atoms with Crippen molar-refractivity contribution in [1.82, 2.24) is 19.8 Å². The number of rotatable bonds is 7. The lowest BCUT2D eigenvalue weighted by Crippen LogP contribution is -2.43. The summed E-state index contributed by atoms with van der Waals surface area (Å²) in [5, 5.41) is 21.1. The summed E-state index contributed by atoms with van der Waals surface area (Å²) in [5.74, 6) is -0.658. The molecule has 7 rings (SSSR count). The summed E-state index contributed by atoms with van der Waals surface area (Å²) in [7, 11) is 1.66. The monoisotopic (exact) mass is 672 g/mol. The van der Waals surface area contributed by atoms with E-state index in [0.717, 1.165) is 36.8 Å². The summed E-state index contributed by atoms with van der Waals surface area (Å²) < 4.78 is 51.3. The van der Waals surface area contributed by atoms with Crippen LogP contribution in [0.4, 0.5) is 24.0 Å². The molecular formula is C34H31F3N8O2S. The van der Waals surface area contributed by atoms with Gasteiger partial charge in [0.15, 0.2) is 0 Å². The van der Waals surface area contributed by atoms with Gasteiger partial charge in [-0.15, -0.1) is 11.3 Å².